The number of hydrogen-bond donors (Lipinski definition) is 3. The van der Waals surface area contributed by atoms with Gasteiger partial charge in [0, 0.05) is 12.0 Å². The van der Waals surface area contributed by atoms with Crippen LogP contribution in [0.1, 0.15) is 24.0 Å². The molecule has 3 N–H and O–H groups in total. The number of carbonyl (C=O) groups is 1. The predicted octanol–water partition coefficient (Wildman–Crippen LogP) is 2.59. The molecule has 1 aliphatic heterocycles. The van der Waals surface area contributed by atoms with E-state index in [0.29, 0.717) is 31.5 Å². The van der Waals surface area contributed by atoms with Gasteiger partial charge >= 0.3 is 12.3 Å². The normalized spacial score (nSPS) is 18.2. The maximum absolute atomic E-state index is 12.9. The summed E-state index contributed by atoms with van der Waals surface area (Å²) in [6, 6.07) is 5.19. The van der Waals surface area contributed by atoms with Crippen molar-refractivity contribution in [3.8, 4) is 0 Å². The number of carboxylic acid groups (broad SMARTS) is 1. The molecule has 0 aliphatic carbocycles. The molecule has 0 aromatic heterocycles. The van der Waals surface area contributed by atoms with Gasteiger partial charge in [-0.25, -0.2) is 4.79 Å². The average Bonchev–Trinajstić information content (AvgIpc) is 2.45. The molecule has 0 radical (unpaired) electrons. The second kappa shape index (κ2) is 5.93. The number of amides is 1. The van der Waals surface area contributed by atoms with E-state index in [4.69, 9.17) is 5.11 Å². The average molecular weight is 302 g/mol. The minimum absolute atomic E-state index is 0.116. The standard InChI is InChI=1S/C14H17F3N2O2/c15-14(16,17)11-3-1-2-10(8-11)13(9-19-12(20)21)4-6-18-7-5-13/h1-3,8,18-19H,4-7,9H2,(H,20,21). The molecule has 116 valence electrons. The van der Waals surface area contributed by atoms with Crippen LogP contribution in [0.15, 0.2) is 24.3 Å². The van der Waals surface area contributed by atoms with E-state index in [0.717, 1.165) is 12.1 Å². The van der Waals surface area contributed by atoms with E-state index in [-0.39, 0.29) is 6.54 Å². The van der Waals surface area contributed by atoms with Crippen LogP contribution >= 0.6 is 0 Å². The summed E-state index contributed by atoms with van der Waals surface area (Å²) in [7, 11) is 0. The molecule has 1 heterocycles. The lowest BCUT2D eigenvalue weighted by Crippen LogP contribution is -2.47. The first kappa shape index (κ1) is 15.6. The van der Waals surface area contributed by atoms with Gasteiger partial charge in [-0.2, -0.15) is 13.2 Å². The molecule has 0 saturated carbocycles. The van der Waals surface area contributed by atoms with Crippen LogP contribution < -0.4 is 10.6 Å². The minimum atomic E-state index is -4.40. The van der Waals surface area contributed by atoms with Gasteiger partial charge in [0.05, 0.1) is 5.56 Å². The van der Waals surface area contributed by atoms with Crippen molar-refractivity contribution in [3.63, 3.8) is 0 Å². The van der Waals surface area contributed by atoms with E-state index in [9.17, 15) is 18.0 Å². The summed E-state index contributed by atoms with van der Waals surface area (Å²) < 4.78 is 38.6. The Hall–Kier alpha value is -1.76. The molecule has 0 unspecified atom stereocenters. The monoisotopic (exact) mass is 302 g/mol. The summed E-state index contributed by atoms with van der Waals surface area (Å²) in [4.78, 5) is 10.7. The highest BCUT2D eigenvalue weighted by Gasteiger charge is 2.37. The SMILES string of the molecule is O=C(O)NCC1(c2cccc(C(F)(F)F)c2)CCNCC1. The van der Waals surface area contributed by atoms with E-state index in [1.807, 2.05) is 0 Å². The van der Waals surface area contributed by atoms with Crippen LogP contribution in [0.2, 0.25) is 0 Å². The first-order valence-corrected chi connectivity index (χ1v) is 6.69. The molecule has 1 aliphatic rings. The number of piperidine rings is 1. The fourth-order valence-electron chi connectivity index (χ4n) is 2.74. The van der Waals surface area contributed by atoms with Crippen molar-refractivity contribution in [1.82, 2.24) is 10.6 Å². The van der Waals surface area contributed by atoms with Gasteiger partial charge in [0.25, 0.3) is 0 Å². The molecule has 1 aromatic rings. The van der Waals surface area contributed by atoms with Crippen molar-refractivity contribution in [2.45, 2.75) is 24.4 Å². The van der Waals surface area contributed by atoms with Crippen LogP contribution in [0.3, 0.4) is 0 Å². The lowest BCUT2D eigenvalue weighted by Gasteiger charge is -2.38. The third kappa shape index (κ3) is 3.66. The third-order valence-corrected chi connectivity index (χ3v) is 3.94. The summed E-state index contributed by atoms with van der Waals surface area (Å²) in [5.41, 5.74) is -0.758. The minimum Gasteiger partial charge on any atom is -0.465 e. The fourth-order valence-corrected chi connectivity index (χ4v) is 2.74. The zero-order valence-electron chi connectivity index (χ0n) is 11.3. The number of rotatable bonds is 3. The first-order chi connectivity index (χ1) is 9.83. The number of halogens is 3. The molecule has 7 heteroatoms. The summed E-state index contributed by atoms with van der Waals surface area (Å²) in [5.74, 6) is 0. The second-order valence-corrected chi connectivity index (χ2v) is 5.27. The van der Waals surface area contributed by atoms with Gasteiger partial charge in [-0.3, -0.25) is 0 Å². The summed E-state index contributed by atoms with van der Waals surface area (Å²) in [5, 5.41) is 14.2. The number of hydrogen-bond acceptors (Lipinski definition) is 2. The second-order valence-electron chi connectivity index (χ2n) is 5.27. The van der Waals surface area contributed by atoms with Crippen molar-refractivity contribution in [3.05, 3.63) is 35.4 Å². The number of alkyl halides is 3. The highest BCUT2D eigenvalue weighted by Crippen LogP contribution is 2.36. The number of nitrogens with one attached hydrogen (secondary N) is 2. The third-order valence-electron chi connectivity index (χ3n) is 3.94. The van der Waals surface area contributed by atoms with Crippen LogP contribution in [0.25, 0.3) is 0 Å². The predicted molar refractivity (Wildman–Crippen MR) is 71.3 cm³/mol. The highest BCUT2D eigenvalue weighted by atomic mass is 19.4. The Morgan fingerprint density at radius 2 is 2.00 bits per heavy atom. The Morgan fingerprint density at radius 3 is 2.57 bits per heavy atom. The van der Waals surface area contributed by atoms with Crippen molar-refractivity contribution in [1.29, 1.82) is 0 Å². The van der Waals surface area contributed by atoms with Crippen LogP contribution in [-0.2, 0) is 11.6 Å². The maximum Gasteiger partial charge on any atom is 0.416 e. The van der Waals surface area contributed by atoms with Gasteiger partial charge in [-0.15, -0.1) is 0 Å². The Balaban J connectivity index is 2.34. The van der Waals surface area contributed by atoms with E-state index in [2.05, 4.69) is 10.6 Å². The Labute approximate surface area is 120 Å². The van der Waals surface area contributed by atoms with Gasteiger partial charge in [0.2, 0.25) is 0 Å². The van der Waals surface area contributed by atoms with E-state index < -0.39 is 23.2 Å². The van der Waals surface area contributed by atoms with Gasteiger partial charge in [-0.05, 0) is 37.6 Å². The lowest BCUT2D eigenvalue weighted by atomic mass is 9.72. The fraction of sp³-hybridized carbons (Fsp3) is 0.500. The molecule has 1 aromatic carbocycles. The Bertz CT molecular complexity index is 511. The topological polar surface area (TPSA) is 61.4 Å². The van der Waals surface area contributed by atoms with Crippen molar-refractivity contribution < 1.29 is 23.1 Å². The van der Waals surface area contributed by atoms with Gasteiger partial charge in [0.1, 0.15) is 0 Å². The first-order valence-electron chi connectivity index (χ1n) is 6.69. The molecular weight excluding hydrogens is 285 g/mol. The molecule has 1 fully saturated rings. The molecule has 2 rings (SSSR count). The van der Waals surface area contributed by atoms with Gasteiger partial charge in [-0.1, -0.05) is 18.2 Å². The quantitative estimate of drug-likeness (QED) is 0.804. The molecular formula is C14H17F3N2O2. The molecule has 0 spiro atoms. The van der Waals surface area contributed by atoms with Crippen LogP contribution in [0, 0.1) is 0 Å². The van der Waals surface area contributed by atoms with Crippen molar-refractivity contribution >= 4 is 6.09 Å². The summed E-state index contributed by atoms with van der Waals surface area (Å²) in [6.45, 7) is 1.42. The maximum atomic E-state index is 12.9. The van der Waals surface area contributed by atoms with E-state index >= 15 is 0 Å². The zero-order chi connectivity index (χ0) is 15.5. The smallest absolute Gasteiger partial charge is 0.416 e. The van der Waals surface area contributed by atoms with E-state index in [1.165, 1.54) is 6.07 Å². The summed E-state index contributed by atoms with van der Waals surface area (Å²) >= 11 is 0. The van der Waals surface area contributed by atoms with E-state index in [1.54, 1.807) is 6.07 Å². The molecule has 0 bridgehead atoms. The van der Waals surface area contributed by atoms with Crippen LogP contribution in [0.5, 0.6) is 0 Å². The lowest BCUT2D eigenvalue weighted by molar-refractivity contribution is -0.137. The van der Waals surface area contributed by atoms with Crippen LogP contribution in [-0.4, -0.2) is 30.8 Å². The zero-order valence-corrected chi connectivity index (χ0v) is 11.3. The Morgan fingerprint density at radius 1 is 1.33 bits per heavy atom. The Kier molecular flexibility index (Phi) is 4.41. The highest BCUT2D eigenvalue weighted by molar-refractivity contribution is 5.64. The molecule has 1 amide bonds. The largest absolute Gasteiger partial charge is 0.465 e. The van der Waals surface area contributed by atoms with Crippen molar-refractivity contribution in [2.75, 3.05) is 19.6 Å². The van der Waals surface area contributed by atoms with Gasteiger partial charge in [0.15, 0.2) is 0 Å². The molecule has 4 nitrogen and oxygen atoms in total. The molecule has 0 atom stereocenters. The van der Waals surface area contributed by atoms with Crippen LogP contribution in [0.4, 0.5) is 18.0 Å². The van der Waals surface area contributed by atoms with Gasteiger partial charge < -0.3 is 15.7 Å². The molecule has 1 saturated heterocycles. The summed E-state index contributed by atoms with van der Waals surface area (Å²) in [6.07, 6.45) is -4.38. The molecule has 21 heavy (non-hydrogen) atoms. The number of benzene rings is 1. The van der Waals surface area contributed by atoms with Crippen molar-refractivity contribution in [2.24, 2.45) is 0 Å².